The van der Waals surface area contributed by atoms with E-state index in [-0.39, 0.29) is 11.9 Å². The van der Waals surface area contributed by atoms with E-state index in [4.69, 9.17) is 16.2 Å². The summed E-state index contributed by atoms with van der Waals surface area (Å²) in [5, 5.41) is 0. The first-order chi connectivity index (χ1) is 9.54. The molecule has 1 aromatic rings. The van der Waals surface area contributed by atoms with Crippen LogP contribution in [0.15, 0.2) is 18.2 Å². The number of hydrogen-bond donors (Lipinski definition) is 2. The Labute approximate surface area is 117 Å². The molecule has 0 radical (unpaired) electrons. The highest BCUT2D eigenvalue weighted by Crippen LogP contribution is 2.31. The Morgan fingerprint density at radius 2 is 2.20 bits per heavy atom. The molecule has 1 fully saturated rings. The van der Waals surface area contributed by atoms with Crippen LogP contribution in [0.1, 0.15) is 30.1 Å². The molecule has 0 aliphatic carbocycles. The molecule has 1 saturated heterocycles. The van der Waals surface area contributed by atoms with Gasteiger partial charge in [-0.1, -0.05) is 0 Å². The molecule has 1 unspecified atom stereocenters. The summed E-state index contributed by atoms with van der Waals surface area (Å²) >= 11 is 0. The third-order valence-corrected chi connectivity index (χ3v) is 3.43. The number of amides is 1. The van der Waals surface area contributed by atoms with Gasteiger partial charge in [-0.15, -0.1) is 0 Å². The molecule has 0 aromatic heterocycles. The predicted molar refractivity (Wildman–Crippen MR) is 76.4 cm³/mol. The van der Waals surface area contributed by atoms with Crippen molar-refractivity contribution in [1.29, 1.82) is 0 Å². The quantitative estimate of drug-likeness (QED) is 0.629. The number of ether oxygens (including phenoxy) is 1. The van der Waals surface area contributed by atoms with Crippen LogP contribution in [0, 0.1) is 0 Å². The third kappa shape index (κ3) is 2.68. The summed E-state index contributed by atoms with van der Waals surface area (Å²) in [5.41, 5.74) is 13.0. The molecule has 6 heteroatoms. The van der Waals surface area contributed by atoms with Gasteiger partial charge in [0.15, 0.2) is 0 Å². The van der Waals surface area contributed by atoms with E-state index >= 15 is 0 Å². The lowest BCUT2D eigenvalue weighted by molar-refractivity contribution is -0.119. The first kappa shape index (κ1) is 14.2. The second-order valence-electron chi connectivity index (χ2n) is 4.75. The van der Waals surface area contributed by atoms with E-state index in [9.17, 15) is 9.59 Å². The molecule has 6 nitrogen and oxygen atoms in total. The van der Waals surface area contributed by atoms with E-state index in [2.05, 4.69) is 0 Å². The standard InChI is InChI=1S/C14H19N3O3/c1-2-20-14(19)9-5-6-11(10(15)8-9)17-7-3-4-12(17)13(16)18/h5-6,8,12H,2-4,7,15H2,1H3,(H2,16,18). The minimum Gasteiger partial charge on any atom is -0.462 e. The average Bonchev–Trinajstić information content (AvgIpc) is 2.88. The fourth-order valence-electron chi connectivity index (χ4n) is 2.51. The van der Waals surface area contributed by atoms with E-state index in [0.717, 1.165) is 25.1 Å². The molecule has 20 heavy (non-hydrogen) atoms. The molecule has 1 amide bonds. The van der Waals surface area contributed by atoms with Gasteiger partial charge in [0, 0.05) is 6.54 Å². The molecule has 4 N–H and O–H groups in total. The van der Waals surface area contributed by atoms with Crippen molar-refractivity contribution in [2.24, 2.45) is 5.73 Å². The number of hydrogen-bond acceptors (Lipinski definition) is 5. The van der Waals surface area contributed by atoms with E-state index in [1.54, 1.807) is 25.1 Å². The van der Waals surface area contributed by atoms with Gasteiger partial charge in [0.05, 0.1) is 23.5 Å². The van der Waals surface area contributed by atoms with Crippen LogP contribution in [0.5, 0.6) is 0 Å². The molecule has 0 bridgehead atoms. The highest BCUT2D eigenvalue weighted by Gasteiger charge is 2.30. The second-order valence-corrected chi connectivity index (χ2v) is 4.75. The van der Waals surface area contributed by atoms with E-state index in [0.29, 0.717) is 17.9 Å². The fourth-order valence-corrected chi connectivity index (χ4v) is 2.51. The van der Waals surface area contributed by atoms with Crippen molar-refractivity contribution in [3.05, 3.63) is 23.8 Å². The van der Waals surface area contributed by atoms with Gasteiger partial charge in [-0.05, 0) is 38.0 Å². The van der Waals surface area contributed by atoms with E-state index < -0.39 is 5.97 Å². The molecule has 1 aromatic carbocycles. The van der Waals surface area contributed by atoms with Crippen LogP contribution in [0.4, 0.5) is 11.4 Å². The summed E-state index contributed by atoms with van der Waals surface area (Å²) < 4.78 is 4.93. The maximum Gasteiger partial charge on any atom is 0.338 e. The van der Waals surface area contributed by atoms with Crippen molar-refractivity contribution in [3.8, 4) is 0 Å². The Balaban J connectivity index is 2.25. The Morgan fingerprint density at radius 1 is 1.45 bits per heavy atom. The average molecular weight is 277 g/mol. The van der Waals surface area contributed by atoms with E-state index in [1.807, 2.05) is 4.90 Å². The van der Waals surface area contributed by atoms with Crippen LogP contribution in [-0.4, -0.2) is 31.1 Å². The fraction of sp³-hybridized carbons (Fsp3) is 0.429. The van der Waals surface area contributed by atoms with Gasteiger partial charge in [-0.3, -0.25) is 4.79 Å². The molecular weight excluding hydrogens is 258 g/mol. The zero-order valence-corrected chi connectivity index (χ0v) is 11.5. The first-order valence-electron chi connectivity index (χ1n) is 6.67. The number of nitrogens with two attached hydrogens (primary N) is 2. The van der Waals surface area contributed by atoms with Gasteiger partial charge in [0.2, 0.25) is 5.91 Å². The molecule has 1 aliphatic heterocycles. The first-order valence-corrected chi connectivity index (χ1v) is 6.67. The Bertz CT molecular complexity index is 530. The summed E-state index contributed by atoms with van der Waals surface area (Å²) in [7, 11) is 0. The zero-order chi connectivity index (χ0) is 14.7. The van der Waals surface area contributed by atoms with E-state index in [1.165, 1.54) is 0 Å². The minimum absolute atomic E-state index is 0.316. The number of rotatable bonds is 4. The Morgan fingerprint density at radius 3 is 2.80 bits per heavy atom. The number of carbonyl (C=O) groups excluding carboxylic acids is 2. The van der Waals surface area contributed by atoms with Crippen molar-refractivity contribution in [3.63, 3.8) is 0 Å². The molecule has 108 valence electrons. The van der Waals surface area contributed by atoms with Crippen molar-refractivity contribution in [2.45, 2.75) is 25.8 Å². The second kappa shape index (κ2) is 5.81. The van der Waals surface area contributed by atoms with Gasteiger partial charge in [-0.25, -0.2) is 4.79 Å². The van der Waals surface area contributed by atoms with Gasteiger partial charge < -0.3 is 21.1 Å². The van der Waals surface area contributed by atoms with Crippen LogP contribution >= 0.6 is 0 Å². The summed E-state index contributed by atoms with van der Waals surface area (Å²) in [5.74, 6) is -0.755. The van der Waals surface area contributed by atoms with Crippen LogP contribution in [0.3, 0.4) is 0 Å². The van der Waals surface area contributed by atoms with Crippen LogP contribution in [0.2, 0.25) is 0 Å². The molecule has 0 saturated carbocycles. The van der Waals surface area contributed by atoms with Crippen LogP contribution in [0.25, 0.3) is 0 Å². The third-order valence-electron chi connectivity index (χ3n) is 3.43. The van der Waals surface area contributed by atoms with Gasteiger partial charge in [-0.2, -0.15) is 0 Å². The lowest BCUT2D eigenvalue weighted by Crippen LogP contribution is -2.40. The summed E-state index contributed by atoms with van der Waals surface area (Å²) in [4.78, 5) is 25.0. The SMILES string of the molecule is CCOC(=O)c1ccc(N2CCCC2C(N)=O)c(N)c1. The maximum atomic E-state index is 11.6. The molecule has 0 spiro atoms. The number of nitrogen functional groups attached to an aromatic ring is 1. The highest BCUT2D eigenvalue weighted by atomic mass is 16.5. The zero-order valence-electron chi connectivity index (χ0n) is 11.5. The van der Waals surface area contributed by atoms with Crippen molar-refractivity contribution >= 4 is 23.3 Å². The number of carbonyl (C=O) groups is 2. The minimum atomic E-state index is -0.404. The molecule has 1 heterocycles. The molecule has 1 aliphatic rings. The monoisotopic (exact) mass is 277 g/mol. The van der Waals surface area contributed by atoms with Crippen LogP contribution < -0.4 is 16.4 Å². The largest absolute Gasteiger partial charge is 0.462 e. The predicted octanol–water partition coefficient (Wildman–Crippen LogP) is 0.900. The van der Waals surface area contributed by atoms with Crippen molar-refractivity contribution in [2.75, 3.05) is 23.8 Å². The molecule has 1 atom stereocenters. The van der Waals surface area contributed by atoms with Crippen LogP contribution in [-0.2, 0) is 9.53 Å². The Hall–Kier alpha value is -2.24. The number of primary amides is 1. The number of anilines is 2. The highest BCUT2D eigenvalue weighted by molar-refractivity contribution is 5.93. The van der Waals surface area contributed by atoms with Gasteiger partial charge in [0.1, 0.15) is 6.04 Å². The smallest absolute Gasteiger partial charge is 0.338 e. The number of esters is 1. The normalized spacial score (nSPS) is 18.1. The topological polar surface area (TPSA) is 98.6 Å². The summed E-state index contributed by atoms with van der Waals surface area (Å²) in [6, 6.07) is 4.64. The summed E-state index contributed by atoms with van der Waals surface area (Å²) in [6.07, 6.45) is 1.63. The van der Waals surface area contributed by atoms with Crippen molar-refractivity contribution < 1.29 is 14.3 Å². The molecular formula is C14H19N3O3. The lowest BCUT2D eigenvalue weighted by Gasteiger charge is -2.26. The Kier molecular flexibility index (Phi) is 4.12. The molecule has 2 rings (SSSR count). The van der Waals surface area contributed by atoms with Crippen molar-refractivity contribution in [1.82, 2.24) is 0 Å². The number of nitrogens with zero attached hydrogens (tertiary/aromatic N) is 1. The van der Waals surface area contributed by atoms with Gasteiger partial charge >= 0.3 is 5.97 Å². The van der Waals surface area contributed by atoms with Gasteiger partial charge in [0.25, 0.3) is 0 Å². The summed E-state index contributed by atoms with van der Waals surface area (Å²) in [6.45, 7) is 2.80. The maximum absolute atomic E-state index is 11.6. The number of benzene rings is 1. The lowest BCUT2D eigenvalue weighted by atomic mass is 10.1.